The van der Waals surface area contributed by atoms with Gasteiger partial charge in [0.25, 0.3) is 5.91 Å². The summed E-state index contributed by atoms with van der Waals surface area (Å²) < 4.78 is 32.5. The second-order valence-corrected chi connectivity index (χ2v) is 7.58. The van der Waals surface area contributed by atoms with Crippen LogP contribution in [-0.2, 0) is 0 Å². The van der Waals surface area contributed by atoms with E-state index in [0.717, 1.165) is 18.2 Å². The maximum atomic E-state index is 13.9. The fourth-order valence-electron chi connectivity index (χ4n) is 3.57. The van der Waals surface area contributed by atoms with Crippen molar-refractivity contribution in [3.8, 4) is 11.3 Å². The summed E-state index contributed by atoms with van der Waals surface area (Å²) in [6.07, 6.45) is 0.721. The molecule has 0 aliphatic carbocycles. The van der Waals surface area contributed by atoms with Crippen LogP contribution in [0.1, 0.15) is 33.7 Å². The molecule has 0 unspecified atom stereocenters. The summed E-state index contributed by atoms with van der Waals surface area (Å²) >= 11 is 5.98. The highest BCUT2D eigenvalue weighted by Gasteiger charge is 2.31. The first-order chi connectivity index (χ1) is 14.4. The summed E-state index contributed by atoms with van der Waals surface area (Å²) in [7, 11) is 0. The van der Waals surface area contributed by atoms with Gasteiger partial charge in [-0.1, -0.05) is 28.9 Å². The summed E-state index contributed by atoms with van der Waals surface area (Å²) in [6, 6.07) is 11.4. The summed E-state index contributed by atoms with van der Waals surface area (Å²) in [4.78, 5) is 26.9. The number of halogens is 3. The lowest BCUT2D eigenvalue weighted by atomic mass is 9.88. The Balaban J connectivity index is 1.41. The topological polar surface area (TPSA) is 63.4 Å². The normalized spacial score (nSPS) is 14.7. The molecule has 154 valence electrons. The van der Waals surface area contributed by atoms with Crippen molar-refractivity contribution in [3.63, 3.8) is 0 Å². The lowest BCUT2D eigenvalue weighted by Gasteiger charge is -2.30. The zero-order valence-corrected chi connectivity index (χ0v) is 16.5. The number of hydrogen-bond acceptors (Lipinski definition) is 4. The Kier molecular flexibility index (Phi) is 5.63. The van der Waals surface area contributed by atoms with Crippen molar-refractivity contribution in [2.45, 2.75) is 12.8 Å². The van der Waals surface area contributed by atoms with Crippen molar-refractivity contribution in [1.29, 1.82) is 0 Å². The number of aromatic nitrogens is 1. The van der Waals surface area contributed by atoms with Crippen LogP contribution in [-0.4, -0.2) is 34.8 Å². The molecule has 0 spiro atoms. The van der Waals surface area contributed by atoms with Gasteiger partial charge in [-0.15, -0.1) is 0 Å². The van der Waals surface area contributed by atoms with Crippen LogP contribution in [0.3, 0.4) is 0 Å². The average Bonchev–Trinajstić information content (AvgIpc) is 3.25. The first-order valence-electron chi connectivity index (χ1n) is 9.43. The van der Waals surface area contributed by atoms with E-state index in [4.69, 9.17) is 16.1 Å². The van der Waals surface area contributed by atoms with Crippen LogP contribution in [0.5, 0.6) is 0 Å². The van der Waals surface area contributed by atoms with E-state index in [1.807, 2.05) is 0 Å². The van der Waals surface area contributed by atoms with Crippen molar-refractivity contribution >= 4 is 23.3 Å². The minimum atomic E-state index is -0.740. The van der Waals surface area contributed by atoms with Gasteiger partial charge in [0, 0.05) is 35.7 Å². The molecule has 0 radical (unpaired) electrons. The predicted octanol–water partition coefficient (Wildman–Crippen LogP) is 5.01. The van der Waals surface area contributed by atoms with Gasteiger partial charge in [-0.2, -0.15) is 0 Å². The highest BCUT2D eigenvalue weighted by Crippen LogP contribution is 2.27. The number of likely N-dealkylation sites (tertiary alicyclic amines) is 1. The van der Waals surface area contributed by atoms with Crippen molar-refractivity contribution in [2.24, 2.45) is 5.92 Å². The number of piperidine rings is 1. The monoisotopic (exact) mass is 430 g/mol. The van der Waals surface area contributed by atoms with Gasteiger partial charge in [0.2, 0.25) is 0 Å². The predicted molar refractivity (Wildman–Crippen MR) is 106 cm³/mol. The molecule has 1 aliphatic heterocycles. The first-order valence-corrected chi connectivity index (χ1v) is 9.81. The van der Waals surface area contributed by atoms with Crippen molar-refractivity contribution < 1.29 is 22.9 Å². The smallest absolute Gasteiger partial charge is 0.276 e. The van der Waals surface area contributed by atoms with E-state index in [2.05, 4.69) is 5.16 Å². The van der Waals surface area contributed by atoms with Crippen molar-refractivity contribution in [3.05, 3.63) is 76.4 Å². The number of Topliss-reactive ketones (excluding diaryl/α,β-unsaturated/α-hetero) is 1. The molecule has 1 aliphatic rings. The Bertz CT molecular complexity index is 1110. The fraction of sp³-hybridized carbons (Fsp3) is 0.227. The summed E-state index contributed by atoms with van der Waals surface area (Å²) in [6.45, 7) is 0.622. The Morgan fingerprint density at radius 1 is 1.07 bits per heavy atom. The van der Waals surface area contributed by atoms with Crippen molar-refractivity contribution in [1.82, 2.24) is 10.1 Å². The Hall–Kier alpha value is -3.06. The number of carbonyl (C=O) groups is 2. The number of amides is 1. The molecule has 8 heteroatoms. The number of nitrogens with zero attached hydrogens (tertiary/aromatic N) is 2. The third kappa shape index (κ3) is 4.11. The van der Waals surface area contributed by atoms with E-state index >= 15 is 0 Å². The quantitative estimate of drug-likeness (QED) is 0.546. The van der Waals surface area contributed by atoms with Crippen LogP contribution >= 0.6 is 11.6 Å². The highest BCUT2D eigenvalue weighted by molar-refractivity contribution is 6.30. The molecule has 5 nitrogen and oxygen atoms in total. The molecule has 0 bridgehead atoms. The molecule has 0 atom stereocenters. The second kappa shape index (κ2) is 8.36. The molecule has 2 heterocycles. The third-order valence-corrected chi connectivity index (χ3v) is 5.42. The van der Waals surface area contributed by atoms with Crippen LogP contribution in [0.4, 0.5) is 8.78 Å². The fourth-order valence-corrected chi connectivity index (χ4v) is 3.76. The number of rotatable bonds is 4. The van der Waals surface area contributed by atoms with E-state index in [9.17, 15) is 18.4 Å². The van der Waals surface area contributed by atoms with E-state index in [1.54, 1.807) is 35.2 Å². The second-order valence-electron chi connectivity index (χ2n) is 7.14. The van der Waals surface area contributed by atoms with Crippen LogP contribution in [0.15, 0.2) is 53.1 Å². The molecule has 3 aromatic rings. The van der Waals surface area contributed by atoms with E-state index in [0.29, 0.717) is 42.3 Å². The molecular weight excluding hydrogens is 414 g/mol. The molecule has 4 rings (SSSR count). The lowest BCUT2D eigenvalue weighted by molar-refractivity contribution is 0.0640. The van der Waals surface area contributed by atoms with Gasteiger partial charge >= 0.3 is 0 Å². The molecule has 30 heavy (non-hydrogen) atoms. The number of ketones is 1. The van der Waals surface area contributed by atoms with Crippen molar-refractivity contribution in [2.75, 3.05) is 13.1 Å². The molecular formula is C22H17ClF2N2O3. The van der Waals surface area contributed by atoms with Crippen LogP contribution in [0, 0.1) is 17.6 Å². The molecule has 1 fully saturated rings. The zero-order valence-electron chi connectivity index (χ0n) is 15.8. The van der Waals surface area contributed by atoms with E-state index < -0.39 is 23.3 Å². The van der Waals surface area contributed by atoms with E-state index in [1.165, 1.54) is 0 Å². The molecule has 1 amide bonds. The molecule has 0 saturated carbocycles. The van der Waals surface area contributed by atoms with Gasteiger partial charge in [-0.3, -0.25) is 9.59 Å². The minimum absolute atomic E-state index is 0.158. The molecule has 2 aromatic carbocycles. The van der Waals surface area contributed by atoms with Gasteiger partial charge in [0.1, 0.15) is 11.6 Å². The highest BCUT2D eigenvalue weighted by atomic mass is 35.5. The SMILES string of the molecule is O=C(c1cc(F)ccc1F)C1CCN(C(=O)c2cc(-c3cccc(Cl)c3)on2)CC1. The van der Waals surface area contributed by atoms with Gasteiger partial charge in [0.15, 0.2) is 17.2 Å². The van der Waals surface area contributed by atoms with Gasteiger partial charge < -0.3 is 9.42 Å². The third-order valence-electron chi connectivity index (χ3n) is 5.19. The van der Waals surface area contributed by atoms with Crippen LogP contribution in [0.25, 0.3) is 11.3 Å². The number of carbonyl (C=O) groups excluding carboxylic acids is 2. The maximum absolute atomic E-state index is 13.9. The molecule has 1 saturated heterocycles. The van der Waals surface area contributed by atoms with Crippen LogP contribution < -0.4 is 0 Å². The Morgan fingerprint density at radius 2 is 1.83 bits per heavy atom. The Labute approximate surface area is 176 Å². The largest absolute Gasteiger partial charge is 0.355 e. The van der Waals surface area contributed by atoms with Crippen LogP contribution in [0.2, 0.25) is 5.02 Å². The summed E-state index contributed by atoms with van der Waals surface area (Å²) in [5.74, 6) is -2.19. The summed E-state index contributed by atoms with van der Waals surface area (Å²) in [5.41, 5.74) is 0.615. The first kappa shape index (κ1) is 20.2. The average molecular weight is 431 g/mol. The minimum Gasteiger partial charge on any atom is -0.355 e. The Morgan fingerprint density at radius 3 is 2.57 bits per heavy atom. The number of hydrogen-bond donors (Lipinski definition) is 0. The lowest BCUT2D eigenvalue weighted by Crippen LogP contribution is -2.40. The molecule has 0 N–H and O–H groups in total. The van der Waals surface area contributed by atoms with Gasteiger partial charge in [-0.05, 0) is 43.2 Å². The van der Waals surface area contributed by atoms with Gasteiger partial charge in [0.05, 0.1) is 5.56 Å². The molecule has 1 aromatic heterocycles. The maximum Gasteiger partial charge on any atom is 0.276 e. The van der Waals surface area contributed by atoms with E-state index in [-0.39, 0.29) is 17.2 Å². The number of benzene rings is 2. The summed E-state index contributed by atoms with van der Waals surface area (Å²) in [5, 5.41) is 4.39. The standard InChI is InChI=1S/C22H17ClF2N2O3/c23-15-3-1-2-14(10-15)20-12-19(26-30-20)22(29)27-8-6-13(7-9-27)21(28)17-11-16(24)4-5-18(17)25/h1-5,10-13H,6-9H2. The zero-order chi connectivity index (χ0) is 21.3. The van der Waals surface area contributed by atoms with Gasteiger partial charge in [-0.25, -0.2) is 8.78 Å².